The van der Waals surface area contributed by atoms with Gasteiger partial charge in [0.25, 0.3) is 5.91 Å². The Kier molecular flexibility index (Phi) is 4.60. The molecule has 1 N–H and O–H groups in total. The number of nitrogens with one attached hydrogen (secondary N) is 1. The number of rotatable bonds is 5. The maximum absolute atomic E-state index is 12.7. The zero-order valence-corrected chi connectivity index (χ0v) is 12.5. The predicted molar refractivity (Wildman–Crippen MR) is 78.0 cm³/mol. The summed E-state index contributed by atoms with van der Waals surface area (Å²) in [7, 11) is 1.82. The summed E-state index contributed by atoms with van der Waals surface area (Å²) in [4.78, 5) is 26.1. The summed E-state index contributed by atoms with van der Waals surface area (Å²) in [6.07, 6.45) is 3.66. The Morgan fingerprint density at radius 1 is 1.50 bits per heavy atom. The molecule has 2 heterocycles. The second-order valence-electron chi connectivity index (χ2n) is 5.43. The van der Waals surface area contributed by atoms with E-state index in [1.54, 1.807) is 16.8 Å². The summed E-state index contributed by atoms with van der Waals surface area (Å²) >= 11 is 0. The van der Waals surface area contributed by atoms with E-state index in [2.05, 4.69) is 12.2 Å². The van der Waals surface area contributed by atoms with E-state index in [-0.39, 0.29) is 17.7 Å². The summed E-state index contributed by atoms with van der Waals surface area (Å²) in [5, 5.41) is 3.30. The van der Waals surface area contributed by atoms with Gasteiger partial charge in [-0.15, -0.1) is 0 Å². The van der Waals surface area contributed by atoms with Crippen LogP contribution >= 0.6 is 0 Å². The molecule has 0 saturated carbocycles. The molecule has 1 aliphatic heterocycles. The van der Waals surface area contributed by atoms with Gasteiger partial charge in [0.1, 0.15) is 5.69 Å². The van der Waals surface area contributed by atoms with Crippen molar-refractivity contribution in [2.45, 2.75) is 32.7 Å². The summed E-state index contributed by atoms with van der Waals surface area (Å²) in [6, 6.07) is 1.97. The van der Waals surface area contributed by atoms with Crippen molar-refractivity contribution >= 4 is 11.7 Å². The molecule has 1 atom stereocenters. The van der Waals surface area contributed by atoms with Gasteiger partial charge in [-0.25, -0.2) is 0 Å². The first-order valence-electron chi connectivity index (χ1n) is 7.23. The van der Waals surface area contributed by atoms with Gasteiger partial charge in [-0.2, -0.15) is 0 Å². The number of amides is 1. The Labute approximate surface area is 119 Å². The van der Waals surface area contributed by atoms with Gasteiger partial charge in [0.05, 0.1) is 0 Å². The van der Waals surface area contributed by atoms with Gasteiger partial charge in [0, 0.05) is 37.9 Å². The average Bonchev–Trinajstić information content (AvgIpc) is 3.04. The van der Waals surface area contributed by atoms with E-state index in [9.17, 15) is 9.59 Å². The summed E-state index contributed by atoms with van der Waals surface area (Å²) in [6.45, 7) is 6.18. The lowest BCUT2D eigenvalue weighted by Crippen LogP contribution is -2.42. The van der Waals surface area contributed by atoms with Crippen LogP contribution in [0.5, 0.6) is 0 Å². The van der Waals surface area contributed by atoms with E-state index >= 15 is 0 Å². The van der Waals surface area contributed by atoms with Crippen molar-refractivity contribution in [3.63, 3.8) is 0 Å². The molecule has 110 valence electrons. The number of hydrogen-bond acceptors (Lipinski definition) is 3. The number of aryl methyl sites for hydroxylation is 1. The number of carbonyl (C=O) groups is 2. The third kappa shape index (κ3) is 2.93. The van der Waals surface area contributed by atoms with Crippen LogP contribution in [0.15, 0.2) is 12.3 Å². The summed E-state index contributed by atoms with van der Waals surface area (Å²) in [5.74, 6) is 0.0137. The lowest BCUT2D eigenvalue weighted by atomic mass is 10.1. The molecule has 0 aliphatic carbocycles. The Hall–Kier alpha value is -1.62. The van der Waals surface area contributed by atoms with E-state index in [1.165, 1.54) is 6.92 Å². The van der Waals surface area contributed by atoms with Crippen LogP contribution < -0.4 is 5.32 Å². The maximum Gasteiger partial charge on any atom is 0.270 e. The van der Waals surface area contributed by atoms with Crippen molar-refractivity contribution in [3.8, 4) is 0 Å². The van der Waals surface area contributed by atoms with E-state index < -0.39 is 0 Å². The third-order valence-corrected chi connectivity index (χ3v) is 3.83. The molecule has 1 aromatic rings. The Bertz CT molecular complexity index is 501. The molecule has 20 heavy (non-hydrogen) atoms. The van der Waals surface area contributed by atoms with Crippen molar-refractivity contribution in [1.29, 1.82) is 0 Å². The van der Waals surface area contributed by atoms with Crippen molar-refractivity contribution in [2.75, 3.05) is 19.6 Å². The number of hydrogen-bond donors (Lipinski definition) is 1. The number of aromatic nitrogens is 1. The largest absolute Gasteiger partial charge is 0.346 e. The van der Waals surface area contributed by atoms with E-state index in [1.807, 2.05) is 11.9 Å². The summed E-state index contributed by atoms with van der Waals surface area (Å²) < 4.78 is 1.75. The molecule has 1 saturated heterocycles. The number of Topliss-reactive ketones (excluding diaryl/α,β-unsaturated/α-hetero) is 1. The first-order chi connectivity index (χ1) is 9.54. The molecule has 2 rings (SSSR count). The van der Waals surface area contributed by atoms with E-state index in [0.29, 0.717) is 11.3 Å². The van der Waals surface area contributed by atoms with Gasteiger partial charge < -0.3 is 14.8 Å². The van der Waals surface area contributed by atoms with Gasteiger partial charge in [0.15, 0.2) is 5.78 Å². The monoisotopic (exact) mass is 277 g/mol. The topological polar surface area (TPSA) is 54.3 Å². The van der Waals surface area contributed by atoms with Crippen molar-refractivity contribution in [2.24, 2.45) is 7.05 Å². The first-order valence-corrected chi connectivity index (χ1v) is 7.23. The molecule has 1 aromatic heterocycles. The van der Waals surface area contributed by atoms with Crippen LogP contribution in [0.1, 0.15) is 47.5 Å². The SMILES string of the molecule is CCCN(C(=O)c1cc(C(C)=O)cn1C)C1CCNC1. The minimum Gasteiger partial charge on any atom is -0.346 e. The number of nitrogens with zero attached hydrogens (tertiary/aromatic N) is 2. The molecule has 0 spiro atoms. The van der Waals surface area contributed by atoms with E-state index in [0.717, 1.165) is 32.5 Å². The quantitative estimate of drug-likeness (QED) is 0.829. The van der Waals surface area contributed by atoms with Gasteiger partial charge >= 0.3 is 0 Å². The standard InChI is InChI=1S/C15H23N3O2/c1-4-7-18(13-5-6-16-9-13)15(20)14-8-12(11(2)19)10-17(14)3/h8,10,13,16H,4-7,9H2,1-3H3. The highest BCUT2D eigenvalue weighted by atomic mass is 16.2. The highest BCUT2D eigenvalue weighted by Gasteiger charge is 2.28. The number of carbonyl (C=O) groups excluding carboxylic acids is 2. The number of ketones is 1. The Balaban J connectivity index is 2.24. The lowest BCUT2D eigenvalue weighted by Gasteiger charge is -2.28. The molecule has 0 radical (unpaired) electrons. The average molecular weight is 277 g/mol. The molecular formula is C15H23N3O2. The first kappa shape index (κ1) is 14.8. The Morgan fingerprint density at radius 2 is 2.25 bits per heavy atom. The smallest absolute Gasteiger partial charge is 0.270 e. The van der Waals surface area contributed by atoms with Crippen LogP contribution in [0.2, 0.25) is 0 Å². The van der Waals surface area contributed by atoms with Crippen LogP contribution in [0.25, 0.3) is 0 Å². The predicted octanol–water partition coefficient (Wildman–Crippen LogP) is 1.44. The van der Waals surface area contributed by atoms with Crippen LogP contribution in [-0.2, 0) is 7.05 Å². The fraction of sp³-hybridized carbons (Fsp3) is 0.600. The molecular weight excluding hydrogens is 254 g/mol. The minimum atomic E-state index is -0.00998. The van der Waals surface area contributed by atoms with Gasteiger partial charge in [-0.3, -0.25) is 9.59 Å². The maximum atomic E-state index is 12.7. The van der Waals surface area contributed by atoms with Crippen molar-refractivity contribution in [3.05, 3.63) is 23.5 Å². The van der Waals surface area contributed by atoms with E-state index in [4.69, 9.17) is 0 Å². The van der Waals surface area contributed by atoms with Crippen LogP contribution in [-0.4, -0.2) is 46.8 Å². The molecule has 0 bridgehead atoms. The highest BCUT2D eigenvalue weighted by molar-refractivity contribution is 5.99. The second kappa shape index (κ2) is 6.22. The fourth-order valence-corrected chi connectivity index (χ4v) is 2.71. The molecule has 0 aromatic carbocycles. The normalized spacial score (nSPS) is 18.2. The zero-order chi connectivity index (χ0) is 14.7. The van der Waals surface area contributed by atoms with Crippen LogP contribution in [0.4, 0.5) is 0 Å². The van der Waals surface area contributed by atoms with Crippen LogP contribution in [0, 0.1) is 0 Å². The molecule has 5 nitrogen and oxygen atoms in total. The second-order valence-corrected chi connectivity index (χ2v) is 5.43. The minimum absolute atomic E-state index is 0.00998. The lowest BCUT2D eigenvalue weighted by molar-refractivity contribution is 0.0682. The van der Waals surface area contributed by atoms with Crippen molar-refractivity contribution in [1.82, 2.24) is 14.8 Å². The molecule has 5 heteroatoms. The fourth-order valence-electron chi connectivity index (χ4n) is 2.71. The van der Waals surface area contributed by atoms with Gasteiger partial charge in [-0.1, -0.05) is 6.92 Å². The molecule has 1 aliphatic rings. The van der Waals surface area contributed by atoms with Gasteiger partial charge in [0.2, 0.25) is 0 Å². The summed E-state index contributed by atoms with van der Waals surface area (Å²) in [5.41, 5.74) is 1.19. The Morgan fingerprint density at radius 3 is 2.75 bits per heavy atom. The zero-order valence-electron chi connectivity index (χ0n) is 12.5. The molecule has 1 unspecified atom stereocenters. The molecule has 1 fully saturated rings. The third-order valence-electron chi connectivity index (χ3n) is 3.83. The molecule has 1 amide bonds. The van der Waals surface area contributed by atoms with Crippen molar-refractivity contribution < 1.29 is 9.59 Å². The van der Waals surface area contributed by atoms with Gasteiger partial charge in [-0.05, 0) is 32.4 Å². The van der Waals surface area contributed by atoms with Crippen LogP contribution in [0.3, 0.4) is 0 Å². The highest BCUT2D eigenvalue weighted by Crippen LogP contribution is 2.16.